The zero-order chi connectivity index (χ0) is 27.1. The van der Waals surface area contributed by atoms with Crippen molar-refractivity contribution in [3.8, 4) is 5.75 Å². The molecule has 200 valence electrons. The van der Waals surface area contributed by atoms with Crippen LogP contribution in [0.25, 0.3) is 5.57 Å². The number of methoxy groups -OCH3 is 1. The highest BCUT2D eigenvalue weighted by Gasteiger charge is 2.32. The molecule has 0 bridgehead atoms. The number of allylic oxidation sites excluding steroid dienone is 2. The molecular weight excluding hydrogens is 707 g/mol. The SMILES string of the molecule is COCCOCCOCCOc1ccc(/C(=C2/N=C(C)C(I)=C2C)c2c(C)c(I)c(C)n2B(F)F)cc1. The van der Waals surface area contributed by atoms with Gasteiger partial charge in [-0.05, 0) is 102 Å². The molecule has 11 heteroatoms. The molecular formula is C26H31BF2I2N2O4. The predicted octanol–water partition coefficient (Wildman–Crippen LogP) is 6.48. The third-order valence-electron chi connectivity index (χ3n) is 6.00. The van der Waals surface area contributed by atoms with Gasteiger partial charge in [-0.2, -0.15) is 0 Å². The molecule has 0 fully saturated rings. The fourth-order valence-corrected chi connectivity index (χ4v) is 4.98. The number of hydrogen-bond acceptors (Lipinski definition) is 5. The fourth-order valence-electron chi connectivity index (χ4n) is 4.09. The second kappa shape index (κ2) is 14.2. The first-order valence-electron chi connectivity index (χ1n) is 11.9. The normalized spacial score (nSPS) is 14.9. The van der Waals surface area contributed by atoms with Gasteiger partial charge in [0.05, 0.1) is 44.4 Å². The molecule has 1 aromatic heterocycles. The first-order valence-corrected chi connectivity index (χ1v) is 14.0. The van der Waals surface area contributed by atoms with Crippen molar-refractivity contribution in [1.82, 2.24) is 4.48 Å². The van der Waals surface area contributed by atoms with Gasteiger partial charge in [0.2, 0.25) is 0 Å². The molecule has 0 atom stereocenters. The summed E-state index contributed by atoms with van der Waals surface area (Å²) in [5, 5.41) is 0. The molecule has 2 heterocycles. The molecule has 37 heavy (non-hydrogen) atoms. The largest absolute Gasteiger partial charge is 0.677 e. The Morgan fingerprint density at radius 2 is 1.51 bits per heavy atom. The van der Waals surface area contributed by atoms with Crippen LogP contribution in [0.5, 0.6) is 5.75 Å². The van der Waals surface area contributed by atoms with Crippen LogP contribution in [0, 0.1) is 17.4 Å². The van der Waals surface area contributed by atoms with E-state index in [1.807, 2.05) is 45.0 Å². The van der Waals surface area contributed by atoms with Gasteiger partial charge >= 0.3 is 7.40 Å². The number of aromatic nitrogens is 1. The first-order chi connectivity index (χ1) is 17.7. The second-order valence-electron chi connectivity index (χ2n) is 8.47. The molecule has 0 radical (unpaired) electrons. The predicted molar refractivity (Wildman–Crippen MR) is 161 cm³/mol. The van der Waals surface area contributed by atoms with E-state index >= 15 is 0 Å². The van der Waals surface area contributed by atoms with Crippen molar-refractivity contribution in [2.24, 2.45) is 4.99 Å². The van der Waals surface area contributed by atoms with Gasteiger partial charge in [-0.1, -0.05) is 12.1 Å². The summed E-state index contributed by atoms with van der Waals surface area (Å²) < 4.78 is 53.2. The van der Waals surface area contributed by atoms with Crippen molar-refractivity contribution in [2.75, 3.05) is 46.8 Å². The van der Waals surface area contributed by atoms with Crippen molar-refractivity contribution in [2.45, 2.75) is 27.7 Å². The smallest absolute Gasteiger partial charge is 0.491 e. The molecule has 0 unspecified atom stereocenters. The lowest BCUT2D eigenvalue weighted by molar-refractivity contribution is 0.0180. The molecule has 0 saturated carbocycles. The minimum absolute atomic E-state index is 0.389. The van der Waals surface area contributed by atoms with Crippen molar-refractivity contribution in [3.63, 3.8) is 0 Å². The van der Waals surface area contributed by atoms with Crippen LogP contribution in [0.2, 0.25) is 0 Å². The highest BCUT2D eigenvalue weighted by atomic mass is 127. The van der Waals surface area contributed by atoms with Gasteiger partial charge in [0, 0.05) is 31.2 Å². The Labute approximate surface area is 245 Å². The molecule has 1 aliphatic rings. The van der Waals surface area contributed by atoms with Gasteiger partial charge in [-0.15, -0.1) is 0 Å². The Bertz CT molecular complexity index is 1190. The quantitative estimate of drug-likeness (QED) is 0.134. The van der Waals surface area contributed by atoms with Gasteiger partial charge in [0.1, 0.15) is 12.4 Å². The van der Waals surface area contributed by atoms with Crippen LogP contribution in [0.3, 0.4) is 0 Å². The lowest BCUT2D eigenvalue weighted by atomic mass is 9.94. The fraction of sp³-hybridized carbons (Fsp3) is 0.423. The average Bonchev–Trinajstić information content (AvgIpc) is 3.26. The van der Waals surface area contributed by atoms with E-state index in [1.54, 1.807) is 14.0 Å². The maximum Gasteiger partial charge on any atom is 0.677 e. The zero-order valence-electron chi connectivity index (χ0n) is 21.7. The van der Waals surface area contributed by atoms with Crippen LogP contribution >= 0.6 is 45.2 Å². The molecule has 0 aliphatic carbocycles. The number of rotatable bonds is 13. The lowest BCUT2D eigenvalue weighted by Gasteiger charge is -2.17. The summed E-state index contributed by atoms with van der Waals surface area (Å²) in [6, 6.07) is 7.50. The summed E-state index contributed by atoms with van der Waals surface area (Å²) in [4.78, 5) is 4.80. The topological polar surface area (TPSA) is 54.2 Å². The Hall–Kier alpha value is -1.29. The molecule has 2 aromatic rings. The Morgan fingerprint density at radius 1 is 0.919 bits per heavy atom. The number of aliphatic imine (C=N–C) groups is 1. The van der Waals surface area contributed by atoms with E-state index in [0.717, 1.165) is 39.7 Å². The third kappa shape index (κ3) is 7.22. The molecule has 6 nitrogen and oxygen atoms in total. The van der Waals surface area contributed by atoms with Crippen molar-refractivity contribution in [1.29, 1.82) is 0 Å². The van der Waals surface area contributed by atoms with E-state index in [2.05, 4.69) is 45.2 Å². The van der Waals surface area contributed by atoms with E-state index in [4.69, 9.17) is 23.9 Å². The van der Waals surface area contributed by atoms with Gasteiger partial charge in [0.15, 0.2) is 0 Å². The molecule has 0 saturated heterocycles. The van der Waals surface area contributed by atoms with Crippen LogP contribution in [0.1, 0.15) is 36.4 Å². The van der Waals surface area contributed by atoms with E-state index in [9.17, 15) is 8.63 Å². The van der Waals surface area contributed by atoms with Crippen LogP contribution in [-0.4, -0.2) is 64.3 Å². The van der Waals surface area contributed by atoms with Crippen LogP contribution in [0.15, 0.2) is 44.1 Å². The monoisotopic (exact) mass is 738 g/mol. The Morgan fingerprint density at radius 3 is 2.05 bits per heavy atom. The maximum absolute atomic E-state index is 14.3. The number of ether oxygens (including phenoxy) is 4. The van der Waals surface area contributed by atoms with E-state index in [-0.39, 0.29) is 0 Å². The van der Waals surface area contributed by atoms with Gasteiger partial charge < -0.3 is 23.4 Å². The molecule has 1 aliphatic heterocycles. The molecule has 1 aromatic carbocycles. The summed E-state index contributed by atoms with van der Waals surface area (Å²) in [7, 11) is -1.04. The van der Waals surface area contributed by atoms with Crippen LogP contribution in [0.4, 0.5) is 8.63 Å². The van der Waals surface area contributed by atoms with Gasteiger partial charge in [-0.25, -0.2) is 0 Å². The molecule has 0 N–H and O–H groups in total. The Kier molecular flexibility index (Phi) is 11.6. The van der Waals surface area contributed by atoms with Gasteiger partial charge in [-0.3, -0.25) is 13.6 Å². The standard InChI is InChI=1S/C26H31BF2I2N2O4/c1-16-23(30)18(3)32-25(16)22(26-17(2)24(31)19(4)33(26)27(28)29)20-6-8-21(9-7-20)37-15-14-36-13-12-35-11-10-34-5/h6-9H,10-15H2,1-5H3/b25-22-. The third-order valence-corrected chi connectivity index (χ3v) is 9.18. The van der Waals surface area contributed by atoms with Gasteiger partial charge in [0.25, 0.3) is 0 Å². The first kappa shape index (κ1) is 30.3. The summed E-state index contributed by atoms with van der Waals surface area (Å²) in [6.07, 6.45) is 0. The van der Waals surface area contributed by atoms with E-state index < -0.39 is 7.40 Å². The minimum Gasteiger partial charge on any atom is -0.491 e. The summed E-state index contributed by atoms with van der Waals surface area (Å²) >= 11 is 4.41. The van der Waals surface area contributed by atoms with Crippen molar-refractivity contribution < 1.29 is 27.6 Å². The van der Waals surface area contributed by atoms with Crippen molar-refractivity contribution in [3.05, 3.63) is 65.2 Å². The number of nitrogens with zero attached hydrogens (tertiary/aromatic N) is 2. The maximum atomic E-state index is 14.3. The zero-order valence-corrected chi connectivity index (χ0v) is 26.0. The molecule has 3 rings (SSSR count). The lowest BCUT2D eigenvalue weighted by Crippen LogP contribution is -2.18. The summed E-state index contributed by atoms with van der Waals surface area (Å²) in [5.41, 5.74) is 5.91. The van der Waals surface area contributed by atoms with Crippen molar-refractivity contribution >= 4 is 63.9 Å². The number of hydrogen-bond donors (Lipinski definition) is 0. The molecule has 0 amide bonds. The highest BCUT2D eigenvalue weighted by molar-refractivity contribution is 14.1. The highest BCUT2D eigenvalue weighted by Crippen LogP contribution is 2.41. The van der Waals surface area contributed by atoms with Crippen LogP contribution < -0.4 is 4.74 Å². The minimum atomic E-state index is -2.67. The summed E-state index contributed by atoms with van der Waals surface area (Å²) in [5.74, 6) is 0.674. The Balaban J connectivity index is 1.84. The second-order valence-corrected chi connectivity index (χ2v) is 10.6. The average molecular weight is 738 g/mol. The van der Waals surface area contributed by atoms with E-state index in [1.165, 1.54) is 0 Å². The molecule has 0 spiro atoms. The number of benzene rings is 1. The van der Waals surface area contributed by atoms with E-state index in [0.29, 0.717) is 62.4 Å². The number of halogens is 4. The summed E-state index contributed by atoms with van der Waals surface area (Å²) in [6.45, 7) is 10.4. The van der Waals surface area contributed by atoms with Crippen LogP contribution in [-0.2, 0) is 14.2 Å².